The summed E-state index contributed by atoms with van der Waals surface area (Å²) in [6, 6.07) is 0.0393. The zero-order valence-corrected chi connectivity index (χ0v) is 13.1. The van der Waals surface area contributed by atoms with Gasteiger partial charge in [-0.1, -0.05) is 0 Å². The maximum absolute atomic E-state index is 12.4. The number of imidazole rings is 1. The predicted molar refractivity (Wildman–Crippen MR) is 80.9 cm³/mol. The van der Waals surface area contributed by atoms with Crippen molar-refractivity contribution in [3.63, 3.8) is 0 Å². The van der Waals surface area contributed by atoms with Gasteiger partial charge in [0.05, 0.1) is 13.2 Å². The summed E-state index contributed by atoms with van der Waals surface area (Å²) in [4.78, 5) is 22.5. The first-order valence-electron chi connectivity index (χ1n) is 6.88. The molecule has 2 aromatic heterocycles. The molecule has 114 valence electrons. The molecule has 1 atom stereocenters. The van der Waals surface area contributed by atoms with E-state index >= 15 is 0 Å². The van der Waals surface area contributed by atoms with Gasteiger partial charge in [-0.2, -0.15) is 0 Å². The van der Waals surface area contributed by atoms with Crippen molar-refractivity contribution in [3.05, 3.63) is 34.8 Å². The molecule has 7 heteroatoms. The molecule has 2 rings (SSSR count). The SMILES string of the molecule is Cc1nccn1[C@@H](C)CC(=O)N(CCO)Cc1nccs1. The summed E-state index contributed by atoms with van der Waals surface area (Å²) < 4.78 is 1.98. The van der Waals surface area contributed by atoms with Crippen LogP contribution in [0.3, 0.4) is 0 Å². The largest absolute Gasteiger partial charge is 0.395 e. The van der Waals surface area contributed by atoms with E-state index in [9.17, 15) is 4.79 Å². The second-order valence-corrected chi connectivity index (χ2v) is 5.88. The minimum atomic E-state index is -0.0460. The van der Waals surface area contributed by atoms with Gasteiger partial charge >= 0.3 is 0 Å². The molecule has 2 aromatic rings. The maximum atomic E-state index is 12.4. The molecule has 0 unspecified atom stereocenters. The van der Waals surface area contributed by atoms with Gasteiger partial charge in [0, 0.05) is 43.0 Å². The molecule has 1 N–H and O–H groups in total. The van der Waals surface area contributed by atoms with Gasteiger partial charge in [-0.3, -0.25) is 4.79 Å². The Morgan fingerprint density at radius 3 is 2.86 bits per heavy atom. The molecular weight excluding hydrogens is 288 g/mol. The third-order valence-electron chi connectivity index (χ3n) is 3.34. The number of hydrogen-bond donors (Lipinski definition) is 1. The summed E-state index contributed by atoms with van der Waals surface area (Å²) in [5, 5.41) is 11.9. The lowest BCUT2D eigenvalue weighted by molar-refractivity contribution is -0.133. The number of amides is 1. The number of rotatable bonds is 7. The van der Waals surface area contributed by atoms with E-state index in [0.29, 0.717) is 19.5 Å². The Labute approximate surface area is 128 Å². The summed E-state index contributed by atoms with van der Waals surface area (Å²) in [6.07, 6.45) is 5.71. The van der Waals surface area contributed by atoms with Crippen LogP contribution in [0.5, 0.6) is 0 Å². The zero-order valence-electron chi connectivity index (χ0n) is 12.3. The number of carbonyl (C=O) groups is 1. The molecule has 0 aliphatic rings. The standard InChI is InChI=1S/C14H20N4O2S/c1-11(18-5-3-15-12(18)2)9-14(20)17(6-7-19)10-13-16-4-8-21-13/h3-5,8,11,19H,6-7,9-10H2,1-2H3/t11-/m0/s1. The Bertz CT molecular complexity index is 567. The lowest BCUT2D eigenvalue weighted by atomic mass is 10.2. The first-order valence-corrected chi connectivity index (χ1v) is 7.76. The maximum Gasteiger partial charge on any atom is 0.225 e. The Morgan fingerprint density at radius 2 is 2.29 bits per heavy atom. The fourth-order valence-electron chi connectivity index (χ4n) is 2.24. The van der Waals surface area contributed by atoms with Gasteiger partial charge in [-0.25, -0.2) is 9.97 Å². The van der Waals surface area contributed by atoms with E-state index in [2.05, 4.69) is 9.97 Å². The van der Waals surface area contributed by atoms with Crippen LogP contribution >= 0.6 is 11.3 Å². The molecule has 0 saturated heterocycles. The molecule has 2 heterocycles. The number of nitrogens with zero attached hydrogens (tertiary/aromatic N) is 4. The Balaban J connectivity index is 1.99. The lowest BCUT2D eigenvalue weighted by Gasteiger charge is -2.23. The van der Waals surface area contributed by atoms with Crippen molar-refractivity contribution in [2.24, 2.45) is 0 Å². The van der Waals surface area contributed by atoms with Crippen molar-refractivity contribution < 1.29 is 9.90 Å². The fourth-order valence-corrected chi connectivity index (χ4v) is 2.87. The van der Waals surface area contributed by atoms with Crippen molar-refractivity contribution in [2.45, 2.75) is 32.9 Å². The highest BCUT2D eigenvalue weighted by Gasteiger charge is 2.19. The highest BCUT2D eigenvalue weighted by Crippen LogP contribution is 2.16. The van der Waals surface area contributed by atoms with Crippen molar-refractivity contribution in [2.75, 3.05) is 13.2 Å². The number of hydrogen-bond acceptors (Lipinski definition) is 5. The monoisotopic (exact) mass is 308 g/mol. The van der Waals surface area contributed by atoms with E-state index in [4.69, 9.17) is 5.11 Å². The van der Waals surface area contributed by atoms with Crippen molar-refractivity contribution in [1.82, 2.24) is 19.4 Å². The Hall–Kier alpha value is -1.73. The second kappa shape index (κ2) is 7.33. The van der Waals surface area contributed by atoms with E-state index in [-0.39, 0.29) is 18.6 Å². The fraction of sp³-hybridized carbons (Fsp3) is 0.500. The molecule has 0 bridgehead atoms. The summed E-state index contributed by atoms with van der Waals surface area (Å²) >= 11 is 1.51. The Kier molecular flexibility index (Phi) is 5.46. The van der Waals surface area contributed by atoms with Crippen LogP contribution in [0.15, 0.2) is 24.0 Å². The van der Waals surface area contributed by atoms with E-state index in [1.54, 1.807) is 17.3 Å². The molecule has 6 nitrogen and oxygen atoms in total. The quantitative estimate of drug-likeness (QED) is 0.844. The number of aryl methyl sites for hydroxylation is 1. The van der Waals surface area contributed by atoms with Crippen LogP contribution in [0, 0.1) is 6.92 Å². The van der Waals surface area contributed by atoms with E-state index in [1.807, 2.05) is 30.0 Å². The first kappa shape index (κ1) is 15.7. The van der Waals surface area contributed by atoms with Crippen LogP contribution in [-0.2, 0) is 11.3 Å². The first-order chi connectivity index (χ1) is 10.1. The normalized spacial score (nSPS) is 12.3. The number of aliphatic hydroxyl groups excluding tert-OH is 1. The minimum Gasteiger partial charge on any atom is -0.395 e. The van der Waals surface area contributed by atoms with Crippen molar-refractivity contribution in [1.29, 1.82) is 0 Å². The number of aromatic nitrogens is 3. The Morgan fingerprint density at radius 1 is 1.48 bits per heavy atom. The molecule has 0 radical (unpaired) electrons. The smallest absolute Gasteiger partial charge is 0.225 e. The van der Waals surface area contributed by atoms with Crippen LogP contribution in [-0.4, -0.2) is 43.6 Å². The molecule has 0 aliphatic heterocycles. The van der Waals surface area contributed by atoms with Crippen LogP contribution in [0.1, 0.15) is 30.2 Å². The highest BCUT2D eigenvalue weighted by atomic mass is 32.1. The van der Waals surface area contributed by atoms with E-state index in [0.717, 1.165) is 10.8 Å². The average Bonchev–Trinajstić information content (AvgIpc) is 3.09. The molecule has 0 spiro atoms. The van der Waals surface area contributed by atoms with E-state index < -0.39 is 0 Å². The number of thiazole rings is 1. The van der Waals surface area contributed by atoms with Gasteiger partial charge in [0.2, 0.25) is 5.91 Å². The van der Waals surface area contributed by atoms with Crippen LogP contribution < -0.4 is 0 Å². The van der Waals surface area contributed by atoms with Crippen LogP contribution in [0.4, 0.5) is 0 Å². The molecule has 1 amide bonds. The zero-order chi connectivity index (χ0) is 15.2. The van der Waals surface area contributed by atoms with Crippen LogP contribution in [0.2, 0.25) is 0 Å². The molecular formula is C14H20N4O2S. The van der Waals surface area contributed by atoms with Gasteiger partial charge in [-0.15, -0.1) is 11.3 Å². The topological polar surface area (TPSA) is 71.2 Å². The van der Waals surface area contributed by atoms with Crippen molar-refractivity contribution in [3.8, 4) is 0 Å². The summed E-state index contributed by atoms with van der Waals surface area (Å²) in [5.74, 6) is 0.906. The summed E-state index contributed by atoms with van der Waals surface area (Å²) in [6.45, 7) is 4.64. The van der Waals surface area contributed by atoms with Crippen molar-refractivity contribution >= 4 is 17.2 Å². The molecule has 0 aromatic carbocycles. The van der Waals surface area contributed by atoms with Gasteiger partial charge in [0.25, 0.3) is 0 Å². The summed E-state index contributed by atoms with van der Waals surface area (Å²) in [5.41, 5.74) is 0. The average molecular weight is 308 g/mol. The van der Waals surface area contributed by atoms with Crippen LogP contribution in [0.25, 0.3) is 0 Å². The second-order valence-electron chi connectivity index (χ2n) is 4.90. The molecule has 0 fully saturated rings. The van der Waals surface area contributed by atoms with Gasteiger partial charge in [0.1, 0.15) is 10.8 Å². The van der Waals surface area contributed by atoms with Gasteiger partial charge < -0.3 is 14.6 Å². The summed E-state index contributed by atoms with van der Waals surface area (Å²) in [7, 11) is 0. The number of carbonyl (C=O) groups excluding carboxylic acids is 1. The third-order valence-corrected chi connectivity index (χ3v) is 4.10. The molecule has 21 heavy (non-hydrogen) atoms. The van der Waals surface area contributed by atoms with Gasteiger partial charge in [0.15, 0.2) is 0 Å². The van der Waals surface area contributed by atoms with Gasteiger partial charge in [-0.05, 0) is 13.8 Å². The predicted octanol–water partition coefficient (Wildman–Crippen LogP) is 1.62. The number of aliphatic hydroxyl groups is 1. The minimum absolute atomic E-state index is 0.0138. The highest BCUT2D eigenvalue weighted by molar-refractivity contribution is 7.09. The molecule has 0 saturated carbocycles. The lowest BCUT2D eigenvalue weighted by Crippen LogP contribution is -2.34. The molecule has 0 aliphatic carbocycles. The van der Waals surface area contributed by atoms with E-state index in [1.165, 1.54) is 11.3 Å². The third kappa shape index (κ3) is 4.12.